The summed E-state index contributed by atoms with van der Waals surface area (Å²) < 4.78 is 31.7. The maximum absolute atomic E-state index is 12.3. The van der Waals surface area contributed by atoms with Crippen molar-refractivity contribution >= 4 is 29.2 Å². The first-order valence-corrected chi connectivity index (χ1v) is 9.80. The molecule has 2 aromatic carbocycles. The zero-order valence-electron chi connectivity index (χ0n) is 17.6. The Morgan fingerprint density at radius 3 is 1.91 bits per heavy atom. The summed E-state index contributed by atoms with van der Waals surface area (Å²) in [7, 11) is 0. The number of carbonyl (C=O) groups excluding carboxylic acids is 1. The van der Waals surface area contributed by atoms with Gasteiger partial charge in [0.1, 0.15) is 0 Å². The SMILES string of the molecule is CCCN(CCC)c1ccc(NC(=O)c2ccccc2)cc1C(=O)O.O=C(O)C(F)(F)F. The topological polar surface area (TPSA) is 107 Å². The quantitative estimate of drug-likeness (QED) is 0.524. The lowest BCUT2D eigenvalue weighted by Gasteiger charge is -2.25. The molecule has 3 N–H and O–H groups in total. The summed E-state index contributed by atoms with van der Waals surface area (Å²) in [4.78, 5) is 34.9. The highest BCUT2D eigenvalue weighted by atomic mass is 19.4. The average Bonchev–Trinajstić information content (AvgIpc) is 2.74. The van der Waals surface area contributed by atoms with E-state index in [0.29, 0.717) is 16.9 Å². The van der Waals surface area contributed by atoms with Gasteiger partial charge in [-0.05, 0) is 43.2 Å². The predicted molar refractivity (Wildman–Crippen MR) is 114 cm³/mol. The predicted octanol–water partition coefficient (Wildman–Crippen LogP) is 4.90. The summed E-state index contributed by atoms with van der Waals surface area (Å²) in [5, 5.41) is 19.5. The van der Waals surface area contributed by atoms with Crippen LogP contribution in [0.4, 0.5) is 24.5 Å². The Balaban J connectivity index is 0.000000633. The number of benzene rings is 2. The molecule has 0 spiro atoms. The van der Waals surface area contributed by atoms with E-state index < -0.39 is 18.1 Å². The second-order valence-corrected chi connectivity index (χ2v) is 6.65. The van der Waals surface area contributed by atoms with Crippen molar-refractivity contribution in [2.45, 2.75) is 32.9 Å². The van der Waals surface area contributed by atoms with Gasteiger partial charge in [0.2, 0.25) is 0 Å². The lowest BCUT2D eigenvalue weighted by Crippen LogP contribution is -2.27. The Kier molecular flexibility index (Phi) is 10.2. The van der Waals surface area contributed by atoms with Gasteiger partial charge in [-0.25, -0.2) is 9.59 Å². The molecule has 0 unspecified atom stereocenters. The van der Waals surface area contributed by atoms with Gasteiger partial charge in [0.05, 0.1) is 11.3 Å². The number of hydrogen-bond donors (Lipinski definition) is 3. The van der Waals surface area contributed by atoms with E-state index in [1.54, 1.807) is 36.4 Å². The summed E-state index contributed by atoms with van der Waals surface area (Å²) in [5.74, 6) is -4.01. The van der Waals surface area contributed by atoms with Crippen LogP contribution in [0.2, 0.25) is 0 Å². The Morgan fingerprint density at radius 2 is 1.47 bits per heavy atom. The minimum absolute atomic E-state index is 0.202. The van der Waals surface area contributed by atoms with E-state index >= 15 is 0 Å². The van der Waals surface area contributed by atoms with Gasteiger partial charge in [0.25, 0.3) is 5.91 Å². The maximum atomic E-state index is 12.3. The maximum Gasteiger partial charge on any atom is 0.490 e. The smallest absolute Gasteiger partial charge is 0.478 e. The van der Waals surface area contributed by atoms with Gasteiger partial charge in [-0.15, -0.1) is 0 Å². The van der Waals surface area contributed by atoms with Crippen molar-refractivity contribution in [1.82, 2.24) is 0 Å². The fourth-order valence-electron chi connectivity index (χ4n) is 2.75. The van der Waals surface area contributed by atoms with E-state index in [0.717, 1.165) is 25.9 Å². The molecule has 174 valence electrons. The molecule has 10 heteroatoms. The number of rotatable bonds is 8. The molecule has 2 rings (SSSR count). The van der Waals surface area contributed by atoms with E-state index in [-0.39, 0.29) is 11.5 Å². The second-order valence-electron chi connectivity index (χ2n) is 6.65. The summed E-state index contributed by atoms with van der Waals surface area (Å²) in [5.41, 5.74) is 1.90. The van der Waals surface area contributed by atoms with Crippen LogP contribution in [0.15, 0.2) is 48.5 Å². The van der Waals surface area contributed by atoms with Crippen molar-refractivity contribution in [3.8, 4) is 0 Å². The number of amides is 1. The average molecular weight is 454 g/mol. The van der Waals surface area contributed by atoms with Crippen molar-refractivity contribution in [3.05, 3.63) is 59.7 Å². The van der Waals surface area contributed by atoms with Gasteiger partial charge >= 0.3 is 18.1 Å². The van der Waals surface area contributed by atoms with Gasteiger partial charge in [-0.2, -0.15) is 13.2 Å². The van der Waals surface area contributed by atoms with Gasteiger partial charge in [-0.3, -0.25) is 4.79 Å². The zero-order valence-corrected chi connectivity index (χ0v) is 17.6. The summed E-state index contributed by atoms with van der Waals surface area (Å²) in [6.45, 7) is 5.72. The molecule has 0 heterocycles. The van der Waals surface area contributed by atoms with E-state index in [9.17, 15) is 27.9 Å². The first kappa shape index (κ1) is 26.5. The van der Waals surface area contributed by atoms with Crippen molar-refractivity contribution in [2.24, 2.45) is 0 Å². The number of halogens is 3. The van der Waals surface area contributed by atoms with Gasteiger partial charge in [-0.1, -0.05) is 32.0 Å². The lowest BCUT2D eigenvalue weighted by molar-refractivity contribution is -0.192. The minimum Gasteiger partial charge on any atom is -0.478 e. The summed E-state index contributed by atoms with van der Waals surface area (Å²) in [6.07, 6.45) is -3.21. The number of carboxylic acid groups (broad SMARTS) is 2. The van der Waals surface area contributed by atoms with Crippen LogP contribution >= 0.6 is 0 Å². The van der Waals surface area contributed by atoms with Crippen LogP contribution in [-0.2, 0) is 4.79 Å². The van der Waals surface area contributed by atoms with E-state index in [4.69, 9.17) is 9.90 Å². The van der Waals surface area contributed by atoms with Crippen LogP contribution in [0, 0.1) is 0 Å². The third-order valence-electron chi connectivity index (χ3n) is 4.09. The highest BCUT2D eigenvalue weighted by Gasteiger charge is 2.38. The van der Waals surface area contributed by atoms with Gasteiger partial charge in [0.15, 0.2) is 0 Å². The number of nitrogens with zero attached hydrogens (tertiary/aromatic N) is 1. The summed E-state index contributed by atoms with van der Waals surface area (Å²) in [6, 6.07) is 13.9. The molecule has 7 nitrogen and oxygen atoms in total. The first-order valence-electron chi connectivity index (χ1n) is 9.80. The fraction of sp³-hybridized carbons (Fsp3) is 0.318. The van der Waals surface area contributed by atoms with E-state index in [1.165, 1.54) is 6.07 Å². The number of hydrogen-bond acceptors (Lipinski definition) is 4. The standard InChI is InChI=1S/C20H24N2O3.C2HF3O2/c1-3-12-22(13-4-2)18-11-10-16(14-17(18)20(24)25)21-19(23)15-8-6-5-7-9-15;3-2(4,5)1(6)7/h5-11,14H,3-4,12-13H2,1-2H3,(H,21,23)(H,24,25);(H,6,7). The Hall–Kier alpha value is -3.56. The lowest BCUT2D eigenvalue weighted by atomic mass is 10.1. The molecule has 0 saturated heterocycles. The number of anilines is 2. The molecule has 0 fully saturated rings. The third-order valence-corrected chi connectivity index (χ3v) is 4.09. The number of alkyl halides is 3. The molecule has 32 heavy (non-hydrogen) atoms. The van der Waals surface area contributed by atoms with Crippen molar-refractivity contribution in [1.29, 1.82) is 0 Å². The van der Waals surface area contributed by atoms with E-state index in [1.807, 2.05) is 6.07 Å². The van der Waals surface area contributed by atoms with Crippen LogP contribution in [0.3, 0.4) is 0 Å². The number of aromatic carboxylic acids is 1. The van der Waals surface area contributed by atoms with Crippen LogP contribution in [0.25, 0.3) is 0 Å². The molecule has 0 aromatic heterocycles. The van der Waals surface area contributed by atoms with E-state index in [2.05, 4.69) is 24.1 Å². The normalized spacial score (nSPS) is 10.5. The van der Waals surface area contributed by atoms with Crippen molar-refractivity contribution in [2.75, 3.05) is 23.3 Å². The zero-order chi connectivity index (χ0) is 24.3. The van der Waals surface area contributed by atoms with Crippen LogP contribution < -0.4 is 10.2 Å². The number of nitrogens with one attached hydrogen (secondary N) is 1. The highest BCUT2D eigenvalue weighted by Crippen LogP contribution is 2.25. The largest absolute Gasteiger partial charge is 0.490 e. The number of aliphatic carboxylic acids is 1. The molecular weight excluding hydrogens is 429 g/mol. The van der Waals surface area contributed by atoms with Crippen LogP contribution in [0.1, 0.15) is 47.4 Å². The summed E-state index contributed by atoms with van der Waals surface area (Å²) >= 11 is 0. The molecule has 0 aliphatic heterocycles. The number of carboxylic acids is 2. The van der Waals surface area contributed by atoms with Gasteiger partial charge in [0, 0.05) is 24.3 Å². The molecule has 0 aliphatic carbocycles. The van der Waals surface area contributed by atoms with Crippen LogP contribution in [-0.4, -0.2) is 47.3 Å². The molecule has 1 amide bonds. The Morgan fingerprint density at radius 1 is 0.938 bits per heavy atom. The molecular formula is C22H25F3N2O5. The second kappa shape index (κ2) is 12.3. The third kappa shape index (κ3) is 8.29. The Labute approximate surface area is 183 Å². The monoisotopic (exact) mass is 454 g/mol. The van der Waals surface area contributed by atoms with Crippen molar-refractivity contribution < 1.29 is 37.8 Å². The molecule has 0 atom stereocenters. The highest BCUT2D eigenvalue weighted by molar-refractivity contribution is 6.05. The first-order chi connectivity index (χ1) is 15.0. The Bertz CT molecular complexity index is 912. The molecule has 0 aliphatic rings. The van der Waals surface area contributed by atoms with Crippen LogP contribution in [0.5, 0.6) is 0 Å². The number of carbonyl (C=O) groups is 3. The van der Waals surface area contributed by atoms with Crippen molar-refractivity contribution in [3.63, 3.8) is 0 Å². The molecule has 0 radical (unpaired) electrons. The molecule has 2 aromatic rings. The fourth-order valence-corrected chi connectivity index (χ4v) is 2.75. The van der Waals surface area contributed by atoms with Gasteiger partial charge < -0.3 is 20.4 Å². The minimum atomic E-state index is -5.08. The molecule has 0 bridgehead atoms. The molecule has 0 saturated carbocycles.